The molecule has 1 aromatic heterocycles. The topological polar surface area (TPSA) is 87.5 Å². The first-order valence-electron chi connectivity index (χ1n) is 11.1. The van der Waals surface area contributed by atoms with E-state index < -0.39 is 0 Å². The van der Waals surface area contributed by atoms with E-state index in [1.807, 2.05) is 11.9 Å². The van der Waals surface area contributed by atoms with E-state index >= 15 is 0 Å². The maximum atomic E-state index is 13.2. The zero-order chi connectivity index (χ0) is 22.7. The van der Waals surface area contributed by atoms with Crippen molar-refractivity contribution in [3.63, 3.8) is 0 Å². The van der Waals surface area contributed by atoms with Crippen LogP contribution in [0.25, 0.3) is 0 Å². The summed E-state index contributed by atoms with van der Waals surface area (Å²) in [5.74, 6) is -0.800. The summed E-state index contributed by atoms with van der Waals surface area (Å²) in [6.45, 7) is 2.58. The number of carbonyl (C=O) groups excluding carboxylic acids is 3. The molecule has 1 N–H and O–H groups in total. The van der Waals surface area contributed by atoms with Crippen LogP contribution in [0.1, 0.15) is 53.0 Å². The second-order valence-electron chi connectivity index (χ2n) is 8.37. The highest BCUT2D eigenvalue weighted by Crippen LogP contribution is 2.25. The highest BCUT2D eigenvalue weighted by atomic mass is 19.1. The average Bonchev–Trinajstić information content (AvgIpc) is 3.44. The molecule has 170 valence electrons. The molecule has 0 radical (unpaired) electrons. The van der Waals surface area contributed by atoms with Gasteiger partial charge in [-0.25, -0.2) is 4.39 Å². The highest BCUT2D eigenvalue weighted by molar-refractivity contribution is 5.94. The minimum Gasteiger partial charge on any atom is -0.352 e. The number of rotatable bonds is 6. The first kappa shape index (κ1) is 22.0. The van der Waals surface area contributed by atoms with Gasteiger partial charge in [0.15, 0.2) is 5.69 Å². The van der Waals surface area contributed by atoms with Crippen molar-refractivity contribution in [3.8, 4) is 0 Å². The molecule has 1 fully saturated rings. The van der Waals surface area contributed by atoms with Gasteiger partial charge in [-0.05, 0) is 30.5 Å². The van der Waals surface area contributed by atoms with E-state index in [0.717, 1.165) is 37.2 Å². The molecule has 0 bridgehead atoms. The smallest absolute Gasteiger partial charge is 0.274 e. The molecule has 2 aliphatic heterocycles. The van der Waals surface area contributed by atoms with Crippen molar-refractivity contribution >= 4 is 17.7 Å². The van der Waals surface area contributed by atoms with Gasteiger partial charge >= 0.3 is 0 Å². The van der Waals surface area contributed by atoms with Crippen LogP contribution in [0.4, 0.5) is 4.39 Å². The van der Waals surface area contributed by atoms with Crippen molar-refractivity contribution in [3.05, 3.63) is 52.6 Å². The summed E-state index contributed by atoms with van der Waals surface area (Å²) in [5, 5.41) is 7.18. The van der Waals surface area contributed by atoms with Crippen LogP contribution >= 0.6 is 0 Å². The summed E-state index contributed by atoms with van der Waals surface area (Å²) in [5.41, 5.74) is 2.92. The molecule has 0 spiro atoms. The van der Waals surface area contributed by atoms with Gasteiger partial charge in [-0.3, -0.25) is 19.1 Å². The molecular formula is C23H28FN5O3. The predicted molar refractivity (Wildman–Crippen MR) is 115 cm³/mol. The number of carbonyl (C=O) groups is 3. The van der Waals surface area contributed by atoms with Gasteiger partial charge in [0, 0.05) is 70.3 Å². The third kappa shape index (κ3) is 4.81. The van der Waals surface area contributed by atoms with Gasteiger partial charge in [0.05, 0.1) is 0 Å². The number of likely N-dealkylation sites (tertiary alicyclic amines) is 1. The van der Waals surface area contributed by atoms with E-state index in [1.165, 1.54) is 12.1 Å². The summed E-state index contributed by atoms with van der Waals surface area (Å²) >= 11 is 0. The van der Waals surface area contributed by atoms with Crippen LogP contribution in [0.3, 0.4) is 0 Å². The van der Waals surface area contributed by atoms with Crippen molar-refractivity contribution in [2.24, 2.45) is 7.05 Å². The molecular weight excluding hydrogens is 413 g/mol. The first-order chi connectivity index (χ1) is 15.4. The summed E-state index contributed by atoms with van der Waals surface area (Å²) < 4.78 is 15.0. The van der Waals surface area contributed by atoms with Crippen LogP contribution < -0.4 is 5.32 Å². The molecule has 2 aliphatic rings. The normalized spacial score (nSPS) is 15.6. The van der Waals surface area contributed by atoms with Gasteiger partial charge in [0.2, 0.25) is 11.8 Å². The lowest BCUT2D eigenvalue weighted by Crippen LogP contribution is -2.38. The van der Waals surface area contributed by atoms with E-state index in [0.29, 0.717) is 30.8 Å². The van der Waals surface area contributed by atoms with Gasteiger partial charge < -0.3 is 15.1 Å². The molecule has 0 atom stereocenters. The molecule has 2 aromatic rings. The molecule has 0 aliphatic carbocycles. The van der Waals surface area contributed by atoms with Crippen molar-refractivity contribution in [2.75, 3.05) is 19.6 Å². The number of aromatic nitrogens is 2. The van der Waals surface area contributed by atoms with Crippen molar-refractivity contribution in [2.45, 2.75) is 45.2 Å². The van der Waals surface area contributed by atoms with Gasteiger partial charge in [0.25, 0.3) is 5.91 Å². The zero-order valence-electron chi connectivity index (χ0n) is 18.3. The van der Waals surface area contributed by atoms with Crippen molar-refractivity contribution in [1.29, 1.82) is 0 Å². The largest absolute Gasteiger partial charge is 0.352 e. The van der Waals surface area contributed by atoms with Gasteiger partial charge in [-0.2, -0.15) is 5.10 Å². The Kier molecular flexibility index (Phi) is 6.53. The molecule has 3 heterocycles. The number of aryl methyl sites for hydroxylation is 1. The van der Waals surface area contributed by atoms with Crippen LogP contribution in [0.2, 0.25) is 0 Å². The van der Waals surface area contributed by atoms with Gasteiger partial charge in [-0.1, -0.05) is 12.1 Å². The number of benzene rings is 1. The summed E-state index contributed by atoms with van der Waals surface area (Å²) in [6, 6.07) is 6.03. The lowest BCUT2D eigenvalue weighted by atomic mass is 10.0. The number of amides is 3. The lowest BCUT2D eigenvalue weighted by Gasteiger charge is -2.28. The molecule has 0 saturated carbocycles. The Bertz CT molecular complexity index is 1030. The molecule has 3 amide bonds. The Labute approximate surface area is 186 Å². The van der Waals surface area contributed by atoms with Crippen LogP contribution in [-0.2, 0) is 36.1 Å². The molecule has 32 heavy (non-hydrogen) atoms. The third-order valence-electron chi connectivity index (χ3n) is 6.14. The Morgan fingerprint density at radius 1 is 1.09 bits per heavy atom. The monoisotopic (exact) mass is 441 g/mol. The SMILES string of the molecule is Cn1nc(C(=O)N2CCCC2)c2c1CCN(C(=O)CCC(=O)NCc1cccc(F)c1)C2. The van der Waals surface area contributed by atoms with Crippen LogP contribution in [0.15, 0.2) is 24.3 Å². The molecule has 1 aromatic carbocycles. The number of hydrogen-bond acceptors (Lipinski definition) is 4. The number of fused-ring (bicyclic) bond motifs is 1. The summed E-state index contributed by atoms with van der Waals surface area (Å²) in [4.78, 5) is 41.3. The Hall–Kier alpha value is -3.23. The first-order valence-corrected chi connectivity index (χ1v) is 11.1. The van der Waals surface area contributed by atoms with E-state index in [4.69, 9.17) is 0 Å². The summed E-state index contributed by atoms with van der Waals surface area (Å²) in [6.07, 6.45) is 2.78. The number of nitrogens with zero attached hydrogens (tertiary/aromatic N) is 4. The maximum absolute atomic E-state index is 13.2. The van der Waals surface area contributed by atoms with E-state index in [9.17, 15) is 18.8 Å². The van der Waals surface area contributed by atoms with Crippen LogP contribution in [-0.4, -0.2) is 56.9 Å². The maximum Gasteiger partial charge on any atom is 0.274 e. The number of halogens is 1. The van der Waals surface area contributed by atoms with Crippen LogP contribution in [0, 0.1) is 5.82 Å². The molecule has 8 nitrogen and oxygen atoms in total. The molecule has 1 saturated heterocycles. The fourth-order valence-corrected chi connectivity index (χ4v) is 4.36. The second-order valence-corrected chi connectivity index (χ2v) is 8.37. The molecule has 4 rings (SSSR count). The average molecular weight is 442 g/mol. The standard InChI is InChI=1S/C23H28FN5O3/c1-27-19-9-12-29(15-18(19)22(26-27)23(32)28-10-2-3-11-28)21(31)8-7-20(30)25-14-16-5-4-6-17(24)13-16/h4-6,13H,2-3,7-12,14-15H2,1H3,(H,25,30). The van der Waals surface area contributed by atoms with Crippen molar-refractivity contribution < 1.29 is 18.8 Å². The van der Waals surface area contributed by atoms with Gasteiger partial charge in [-0.15, -0.1) is 0 Å². The van der Waals surface area contributed by atoms with Crippen molar-refractivity contribution in [1.82, 2.24) is 24.9 Å². The van der Waals surface area contributed by atoms with E-state index in [-0.39, 0.29) is 42.9 Å². The Morgan fingerprint density at radius 2 is 1.88 bits per heavy atom. The lowest BCUT2D eigenvalue weighted by molar-refractivity contribution is -0.134. The Balaban J connectivity index is 1.32. The fraction of sp³-hybridized carbons (Fsp3) is 0.478. The minimum absolute atomic E-state index is 0.0596. The van der Waals surface area contributed by atoms with E-state index in [2.05, 4.69) is 10.4 Å². The van der Waals surface area contributed by atoms with E-state index in [1.54, 1.807) is 21.7 Å². The van der Waals surface area contributed by atoms with Gasteiger partial charge in [0.1, 0.15) is 5.82 Å². The highest BCUT2D eigenvalue weighted by Gasteiger charge is 2.31. The quantitative estimate of drug-likeness (QED) is 0.740. The number of nitrogens with one attached hydrogen (secondary N) is 1. The zero-order valence-corrected chi connectivity index (χ0v) is 18.3. The molecule has 0 unspecified atom stereocenters. The number of hydrogen-bond donors (Lipinski definition) is 1. The third-order valence-corrected chi connectivity index (χ3v) is 6.14. The minimum atomic E-state index is -0.352. The second kappa shape index (κ2) is 9.50. The summed E-state index contributed by atoms with van der Waals surface area (Å²) in [7, 11) is 1.83. The predicted octanol–water partition coefficient (Wildman–Crippen LogP) is 1.78. The Morgan fingerprint density at radius 3 is 2.62 bits per heavy atom. The van der Waals surface area contributed by atoms with Crippen LogP contribution in [0.5, 0.6) is 0 Å². The fourth-order valence-electron chi connectivity index (χ4n) is 4.36. The molecule has 9 heteroatoms.